The van der Waals surface area contributed by atoms with Gasteiger partial charge in [-0.1, -0.05) is 25.1 Å². The second-order valence-corrected chi connectivity index (χ2v) is 9.71. The molecule has 2 aromatic heterocycles. The molecule has 4 aromatic rings. The van der Waals surface area contributed by atoms with Crippen LogP contribution in [-0.4, -0.2) is 28.7 Å². The smallest absolute Gasteiger partial charge is 0.258 e. The quantitative estimate of drug-likeness (QED) is 0.422. The molecule has 7 nitrogen and oxygen atoms in total. The Labute approximate surface area is 188 Å². The lowest BCUT2D eigenvalue weighted by atomic mass is 10.0. The van der Waals surface area contributed by atoms with Crippen LogP contribution in [0.1, 0.15) is 12.7 Å². The first-order valence-electron chi connectivity index (χ1n) is 9.96. The maximum Gasteiger partial charge on any atom is 0.258 e. The van der Waals surface area contributed by atoms with Crippen LogP contribution in [0.4, 0.5) is 8.78 Å². The predicted molar refractivity (Wildman–Crippen MR) is 120 cm³/mol. The highest BCUT2D eigenvalue weighted by Gasteiger charge is 2.20. The summed E-state index contributed by atoms with van der Waals surface area (Å²) in [7, 11) is -1.86. The molecular formula is C23H19F2N3O4S. The molecular weight excluding hydrogens is 452 g/mol. The fraction of sp³-hybridized carbons (Fsp3) is 0.174. The third-order valence-corrected chi connectivity index (χ3v) is 6.63. The Balaban J connectivity index is 1.95. The van der Waals surface area contributed by atoms with Gasteiger partial charge >= 0.3 is 0 Å². The number of halogens is 2. The van der Waals surface area contributed by atoms with Crippen LogP contribution in [-0.2, 0) is 22.6 Å². The zero-order valence-corrected chi connectivity index (χ0v) is 18.6. The zero-order chi connectivity index (χ0) is 23.8. The maximum absolute atomic E-state index is 14.3. The minimum Gasteiger partial charge on any atom is -0.450 e. The van der Waals surface area contributed by atoms with Gasteiger partial charge in [-0.3, -0.25) is 4.79 Å². The van der Waals surface area contributed by atoms with Crippen molar-refractivity contribution in [2.45, 2.75) is 12.7 Å². The topological polar surface area (TPSA) is 91.2 Å². The van der Waals surface area contributed by atoms with Gasteiger partial charge in [-0.25, -0.2) is 27.2 Å². The third kappa shape index (κ3) is 4.61. The van der Waals surface area contributed by atoms with Crippen molar-refractivity contribution in [3.05, 3.63) is 82.7 Å². The Hall–Kier alpha value is -3.66. The third-order valence-electron chi connectivity index (χ3n) is 5.05. The Morgan fingerprint density at radius 1 is 1.06 bits per heavy atom. The summed E-state index contributed by atoms with van der Waals surface area (Å²) in [5.74, 6) is -2.40. The Morgan fingerprint density at radius 2 is 1.79 bits per heavy atom. The van der Waals surface area contributed by atoms with Crippen LogP contribution in [0.3, 0.4) is 0 Å². The van der Waals surface area contributed by atoms with E-state index in [0.717, 1.165) is 12.1 Å². The highest BCUT2D eigenvalue weighted by molar-refractivity contribution is 7.90. The molecule has 0 unspecified atom stereocenters. The van der Waals surface area contributed by atoms with Gasteiger partial charge in [-0.05, 0) is 23.6 Å². The summed E-state index contributed by atoms with van der Waals surface area (Å²) in [6, 6.07) is 9.70. The van der Waals surface area contributed by atoms with E-state index in [-0.39, 0.29) is 34.3 Å². The van der Waals surface area contributed by atoms with E-state index >= 15 is 0 Å². The molecule has 0 aliphatic heterocycles. The molecule has 0 spiro atoms. The Morgan fingerprint density at radius 3 is 2.48 bits per heavy atom. The summed E-state index contributed by atoms with van der Waals surface area (Å²) in [5.41, 5.74) is 0.397. The van der Waals surface area contributed by atoms with E-state index in [1.165, 1.54) is 17.7 Å². The molecule has 0 bridgehead atoms. The number of benzene rings is 2. The van der Waals surface area contributed by atoms with Gasteiger partial charge in [0.25, 0.3) is 5.56 Å². The summed E-state index contributed by atoms with van der Waals surface area (Å²) in [6.07, 6.45) is 2.78. The first-order valence-corrected chi connectivity index (χ1v) is 11.8. The first-order chi connectivity index (χ1) is 15.7. The minimum atomic E-state index is -3.43. The normalized spacial score (nSPS) is 11.6. The molecule has 0 saturated heterocycles. The second kappa shape index (κ2) is 8.70. The molecule has 0 atom stereocenters. The number of fused-ring (bicyclic) bond motifs is 1. The maximum atomic E-state index is 14.3. The monoisotopic (exact) mass is 471 g/mol. The van der Waals surface area contributed by atoms with Crippen molar-refractivity contribution in [2.24, 2.45) is 7.05 Å². The molecule has 0 saturated carbocycles. The molecule has 0 N–H and O–H groups in total. The number of aryl methyl sites for hydroxylation is 1. The Bertz CT molecular complexity index is 1540. The summed E-state index contributed by atoms with van der Waals surface area (Å²) in [4.78, 5) is 21.1. The number of sulfone groups is 1. The van der Waals surface area contributed by atoms with E-state index in [1.54, 1.807) is 37.5 Å². The molecule has 0 aliphatic carbocycles. The van der Waals surface area contributed by atoms with E-state index < -0.39 is 27.2 Å². The molecule has 33 heavy (non-hydrogen) atoms. The summed E-state index contributed by atoms with van der Waals surface area (Å²) in [6.45, 7) is 1.52. The molecule has 170 valence electrons. The lowest BCUT2D eigenvalue weighted by Crippen LogP contribution is -2.17. The number of rotatable bonds is 6. The van der Waals surface area contributed by atoms with Crippen LogP contribution < -0.4 is 10.3 Å². The van der Waals surface area contributed by atoms with Gasteiger partial charge in [0, 0.05) is 36.0 Å². The van der Waals surface area contributed by atoms with Crippen LogP contribution in [0.2, 0.25) is 0 Å². The number of ether oxygens (including phenoxy) is 1. The Kier molecular flexibility index (Phi) is 5.94. The van der Waals surface area contributed by atoms with E-state index in [9.17, 15) is 22.0 Å². The summed E-state index contributed by atoms with van der Waals surface area (Å²) >= 11 is 0. The van der Waals surface area contributed by atoms with Gasteiger partial charge in [0.1, 0.15) is 23.1 Å². The zero-order valence-electron chi connectivity index (χ0n) is 17.7. The van der Waals surface area contributed by atoms with E-state index in [4.69, 9.17) is 4.74 Å². The molecule has 10 heteroatoms. The van der Waals surface area contributed by atoms with Crippen molar-refractivity contribution in [3.8, 4) is 22.8 Å². The van der Waals surface area contributed by atoms with Crippen LogP contribution >= 0.6 is 0 Å². The fourth-order valence-corrected chi connectivity index (χ4v) is 4.06. The van der Waals surface area contributed by atoms with E-state index in [2.05, 4.69) is 9.97 Å². The number of aromatic nitrogens is 3. The molecule has 0 aliphatic rings. The lowest BCUT2D eigenvalue weighted by Gasteiger charge is -2.15. The van der Waals surface area contributed by atoms with Gasteiger partial charge in [0.15, 0.2) is 27.2 Å². The minimum absolute atomic E-state index is 0.0157. The number of pyridine rings is 1. The van der Waals surface area contributed by atoms with Gasteiger partial charge in [0.05, 0.1) is 6.20 Å². The lowest BCUT2D eigenvalue weighted by molar-refractivity contribution is 0.435. The van der Waals surface area contributed by atoms with Crippen molar-refractivity contribution in [1.29, 1.82) is 0 Å². The van der Waals surface area contributed by atoms with Gasteiger partial charge in [-0.2, -0.15) is 0 Å². The molecule has 4 rings (SSSR count). The molecule has 0 radical (unpaired) electrons. The van der Waals surface area contributed by atoms with Crippen LogP contribution in [0.5, 0.6) is 11.5 Å². The average Bonchev–Trinajstić information content (AvgIpc) is 2.79. The average molecular weight is 471 g/mol. The van der Waals surface area contributed by atoms with Crippen LogP contribution in [0, 0.1) is 11.6 Å². The summed E-state index contributed by atoms with van der Waals surface area (Å²) < 4.78 is 58.9. The number of hydrogen-bond donors (Lipinski definition) is 0. The molecule has 2 aromatic carbocycles. The number of nitrogens with zero attached hydrogens (tertiary/aromatic N) is 3. The fourth-order valence-electron chi connectivity index (χ4n) is 3.32. The van der Waals surface area contributed by atoms with Crippen molar-refractivity contribution < 1.29 is 21.9 Å². The summed E-state index contributed by atoms with van der Waals surface area (Å²) in [5, 5.41) is 0.964. The first kappa shape index (κ1) is 22.5. The van der Waals surface area contributed by atoms with Gasteiger partial charge in [-0.15, -0.1) is 0 Å². The SMILES string of the molecule is CCS(=O)(=O)Cc1ncc(Oc2ccc(F)cc2F)c(-c2cn(C)c(=O)c3ccccc23)n1. The van der Waals surface area contributed by atoms with Gasteiger partial charge in [0.2, 0.25) is 0 Å². The van der Waals surface area contributed by atoms with Crippen molar-refractivity contribution in [3.63, 3.8) is 0 Å². The number of hydrogen-bond acceptors (Lipinski definition) is 6. The molecule has 0 fully saturated rings. The molecule has 2 heterocycles. The predicted octanol–water partition coefficient (Wildman–Crippen LogP) is 4.00. The van der Waals surface area contributed by atoms with E-state index in [0.29, 0.717) is 22.4 Å². The van der Waals surface area contributed by atoms with E-state index in [1.807, 2.05) is 0 Å². The van der Waals surface area contributed by atoms with Crippen molar-refractivity contribution in [2.75, 3.05) is 5.75 Å². The molecule has 0 amide bonds. The second-order valence-electron chi connectivity index (χ2n) is 7.36. The van der Waals surface area contributed by atoms with Crippen molar-refractivity contribution in [1.82, 2.24) is 14.5 Å². The van der Waals surface area contributed by atoms with Crippen molar-refractivity contribution >= 4 is 20.6 Å². The van der Waals surface area contributed by atoms with Crippen LogP contribution in [0.25, 0.3) is 22.0 Å². The largest absolute Gasteiger partial charge is 0.450 e. The highest BCUT2D eigenvalue weighted by Crippen LogP contribution is 2.35. The van der Waals surface area contributed by atoms with Crippen LogP contribution in [0.15, 0.2) is 59.7 Å². The van der Waals surface area contributed by atoms with Gasteiger partial charge < -0.3 is 9.30 Å². The highest BCUT2D eigenvalue weighted by atomic mass is 32.2. The standard InChI is InChI=1S/C23H19F2N3O4S/c1-3-33(30,31)13-21-26-11-20(32-19-9-8-14(24)10-18(19)25)22(27-21)17-12-28(2)23(29)16-7-5-4-6-15(16)17/h4-12H,3,13H2,1-2H3.